The first-order chi connectivity index (χ1) is 10.6. The van der Waals surface area contributed by atoms with Crippen molar-refractivity contribution in [2.24, 2.45) is 13.0 Å². The van der Waals surface area contributed by atoms with E-state index >= 15 is 0 Å². The fraction of sp³-hybridized carbons (Fsp3) is 0.583. The van der Waals surface area contributed by atoms with Gasteiger partial charge in [-0.3, -0.25) is 4.68 Å². The van der Waals surface area contributed by atoms with E-state index in [9.17, 15) is 17.6 Å². The smallest absolute Gasteiger partial charge is 0.331 e. The minimum Gasteiger partial charge on any atom is -0.368 e. The first-order valence-electron chi connectivity index (χ1n) is 6.74. The van der Waals surface area contributed by atoms with E-state index in [1.807, 2.05) is 0 Å². The summed E-state index contributed by atoms with van der Waals surface area (Å²) in [4.78, 5) is 7.00. The van der Waals surface area contributed by atoms with Crippen molar-refractivity contribution in [3.05, 3.63) is 6.20 Å². The zero-order valence-electron chi connectivity index (χ0n) is 11.8. The quantitative estimate of drug-likeness (QED) is 0.625. The molecule has 0 spiro atoms. The molecule has 2 aliphatic rings. The highest BCUT2D eigenvalue weighted by Crippen LogP contribution is 2.67. The van der Waals surface area contributed by atoms with Crippen LogP contribution < -0.4 is 10.6 Å². The van der Waals surface area contributed by atoms with E-state index in [1.165, 1.54) is 15.8 Å². The number of alkyl halides is 5. The third-order valence-electron chi connectivity index (χ3n) is 4.64. The van der Waals surface area contributed by atoms with E-state index in [2.05, 4.69) is 15.1 Å². The van der Waals surface area contributed by atoms with Crippen LogP contribution in [-0.2, 0) is 7.05 Å². The Hall–Kier alpha value is -1.84. The van der Waals surface area contributed by atoms with Gasteiger partial charge in [0.2, 0.25) is 5.95 Å². The standard InChI is InChI=1S/C12H11ClF4N6/c1-22-7-5(2-19-22)8(21-9(18)20-7)23-3-6-10(13,4-23)12(16,17)11(6,14)15/h2,6H,3-4H2,1H3,(H2,18,20,21). The Kier molecular flexibility index (Phi) is 2.55. The molecule has 2 aromatic heterocycles. The Morgan fingerprint density at radius 2 is 2.00 bits per heavy atom. The van der Waals surface area contributed by atoms with Crippen LogP contribution in [0.4, 0.5) is 29.3 Å². The van der Waals surface area contributed by atoms with Gasteiger partial charge in [0.05, 0.1) is 17.5 Å². The Morgan fingerprint density at radius 3 is 2.65 bits per heavy atom. The maximum atomic E-state index is 13.8. The van der Waals surface area contributed by atoms with Crippen LogP contribution in [0.2, 0.25) is 0 Å². The molecule has 2 aromatic rings. The minimum atomic E-state index is -4.27. The second kappa shape index (κ2) is 3.97. The van der Waals surface area contributed by atoms with Crippen molar-refractivity contribution in [1.82, 2.24) is 19.7 Å². The van der Waals surface area contributed by atoms with Crippen LogP contribution >= 0.6 is 11.6 Å². The molecule has 0 bridgehead atoms. The van der Waals surface area contributed by atoms with Crippen LogP contribution in [0.5, 0.6) is 0 Å². The molecule has 2 atom stereocenters. The molecule has 0 aromatic carbocycles. The van der Waals surface area contributed by atoms with Gasteiger partial charge in [-0.1, -0.05) is 0 Å². The molecule has 1 aliphatic heterocycles. The van der Waals surface area contributed by atoms with Crippen LogP contribution in [0.25, 0.3) is 11.0 Å². The average Bonchev–Trinajstić information content (AvgIpc) is 3.00. The summed E-state index contributed by atoms with van der Waals surface area (Å²) in [7, 11) is 1.62. The maximum absolute atomic E-state index is 13.8. The second-order valence-electron chi connectivity index (χ2n) is 5.90. The van der Waals surface area contributed by atoms with E-state index in [0.717, 1.165) is 0 Å². The van der Waals surface area contributed by atoms with Crippen LogP contribution in [0, 0.1) is 5.92 Å². The molecule has 124 valence electrons. The van der Waals surface area contributed by atoms with Gasteiger partial charge in [-0.15, -0.1) is 11.6 Å². The van der Waals surface area contributed by atoms with Crippen molar-refractivity contribution in [2.75, 3.05) is 23.7 Å². The van der Waals surface area contributed by atoms with Crippen molar-refractivity contribution >= 4 is 34.4 Å². The molecule has 0 radical (unpaired) electrons. The van der Waals surface area contributed by atoms with Crippen molar-refractivity contribution in [1.29, 1.82) is 0 Å². The minimum absolute atomic E-state index is 0.0995. The summed E-state index contributed by atoms with van der Waals surface area (Å²) in [6.07, 6.45) is 1.43. The van der Waals surface area contributed by atoms with Gasteiger partial charge in [0, 0.05) is 20.1 Å². The summed E-state index contributed by atoms with van der Waals surface area (Å²) in [6, 6.07) is 0. The van der Waals surface area contributed by atoms with E-state index in [0.29, 0.717) is 11.0 Å². The third kappa shape index (κ3) is 1.52. The highest BCUT2D eigenvalue weighted by Gasteiger charge is 2.88. The number of anilines is 2. The number of aryl methyl sites for hydroxylation is 1. The van der Waals surface area contributed by atoms with Crippen molar-refractivity contribution in [2.45, 2.75) is 16.7 Å². The van der Waals surface area contributed by atoms with Gasteiger partial charge >= 0.3 is 11.8 Å². The normalized spacial score (nSPS) is 31.2. The number of nitrogen functional groups attached to an aromatic ring is 1. The van der Waals surface area contributed by atoms with E-state index in [-0.39, 0.29) is 18.3 Å². The SMILES string of the molecule is Cn1ncc2c(N3CC4C(F)(F)C(F)(F)C4(Cl)C3)nc(N)nc21. The number of aromatic nitrogens is 4. The fourth-order valence-electron chi connectivity index (χ4n) is 3.38. The molecule has 2 unspecified atom stereocenters. The topological polar surface area (TPSA) is 72.9 Å². The number of halogens is 5. The zero-order valence-corrected chi connectivity index (χ0v) is 12.5. The van der Waals surface area contributed by atoms with E-state index in [1.54, 1.807) is 7.05 Å². The Morgan fingerprint density at radius 1 is 1.30 bits per heavy atom. The number of fused-ring (bicyclic) bond motifs is 2. The van der Waals surface area contributed by atoms with Crippen molar-refractivity contribution in [3.8, 4) is 0 Å². The van der Waals surface area contributed by atoms with Crippen LogP contribution in [0.1, 0.15) is 0 Å². The second-order valence-corrected chi connectivity index (χ2v) is 6.58. The van der Waals surface area contributed by atoms with E-state index < -0.39 is 29.2 Å². The molecule has 23 heavy (non-hydrogen) atoms. The van der Waals surface area contributed by atoms with Crippen molar-refractivity contribution < 1.29 is 17.6 Å². The Labute approximate surface area is 132 Å². The van der Waals surface area contributed by atoms with Gasteiger partial charge in [-0.2, -0.15) is 32.6 Å². The van der Waals surface area contributed by atoms with Gasteiger partial charge in [0.25, 0.3) is 0 Å². The number of hydrogen-bond donors (Lipinski definition) is 1. The molecule has 11 heteroatoms. The van der Waals surface area contributed by atoms with Crippen LogP contribution in [-0.4, -0.2) is 49.6 Å². The number of hydrogen-bond acceptors (Lipinski definition) is 5. The van der Waals surface area contributed by atoms with Gasteiger partial charge in [-0.25, -0.2) is 0 Å². The molecular formula is C12H11ClF4N6. The molecule has 2 fully saturated rings. The Balaban J connectivity index is 1.80. The molecule has 4 rings (SSSR count). The summed E-state index contributed by atoms with van der Waals surface area (Å²) in [5.41, 5.74) is 6.01. The molecular weight excluding hydrogens is 340 g/mol. The predicted octanol–water partition coefficient (Wildman–Crippen LogP) is 1.64. The highest BCUT2D eigenvalue weighted by molar-refractivity contribution is 6.27. The lowest BCUT2D eigenvalue weighted by Gasteiger charge is -2.52. The predicted molar refractivity (Wildman–Crippen MR) is 74.9 cm³/mol. The fourth-order valence-corrected chi connectivity index (χ4v) is 3.86. The summed E-state index contributed by atoms with van der Waals surface area (Å²) >= 11 is 5.85. The molecule has 6 nitrogen and oxygen atoms in total. The van der Waals surface area contributed by atoms with Crippen molar-refractivity contribution in [3.63, 3.8) is 0 Å². The molecule has 2 N–H and O–H groups in total. The lowest BCUT2D eigenvalue weighted by molar-refractivity contribution is -0.326. The third-order valence-corrected chi connectivity index (χ3v) is 5.26. The summed E-state index contributed by atoms with van der Waals surface area (Å²) in [5, 5.41) is 4.44. The number of nitrogens with zero attached hydrogens (tertiary/aromatic N) is 5. The van der Waals surface area contributed by atoms with E-state index in [4.69, 9.17) is 17.3 Å². The molecule has 1 saturated carbocycles. The number of rotatable bonds is 1. The first kappa shape index (κ1) is 14.7. The molecule has 1 aliphatic carbocycles. The molecule has 3 heterocycles. The van der Waals surface area contributed by atoms with Crippen LogP contribution in [0.15, 0.2) is 6.20 Å². The molecule has 0 amide bonds. The molecule has 1 saturated heterocycles. The maximum Gasteiger partial charge on any atom is 0.331 e. The number of nitrogens with two attached hydrogens (primary N) is 1. The Bertz CT molecular complexity index is 823. The lowest BCUT2D eigenvalue weighted by Crippen LogP contribution is -2.75. The first-order valence-corrected chi connectivity index (χ1v) is 7.12. The summed E-state index contributed by atoms with van der Waals surface area (Å²) in [5.74, 6) is -9.99. The van der Waals surface area contributed by atoms with Gasteiger partial charge in [0.15, 0.2) is 5.65 Å². The summed E-state index contributed by atoms with van der Waals surface area (Å²) < 4.78 is 56.3. The zero-order chi connectivity index (χ0) is 16.8. The highest BCUT2D eigenvalue weighted by atomic mass is 35.5. The van der Waals surface area contributed by atoms with Crippen LogP contribution in [0.3, 0.4) is 0 Å². The van der Waals surface area contributed by atoms with Gasteiger partial charge < -0.3 is 10.6 Å². The van der Waals surface area contributed by atoms with Gasteiger partial charge in [-0.05, 0) is 0 Å². The largest absolute Gasteiger partial charge is 0.368 e. The van der Waals surface area contributed by atoms with Gasteiger partial charge in [0.1, 0.15) is 10.7 Å². The monoisotopic (exact) mass is 350 g/mol. The average molecular weight is 351 g/mol. The lowest BCUT2D eigenvalue weighted by atomic mass is 9.67. The summed E-state index contributed by atoms with van der Waals surface area (Å²) in [6.45, 7) is -0.797.